The third-order valence-electron chi connectivity index (χ3n) is 3.63. The topological polar surface area (TPSA) is 32.3 Å². The second kappa shape index (κ2) is 6.55. The molecule has 0 radical (unpaired) electrons. The van der Waals surface area contributed by atoms with Crippen molar-refractivity contribution >= 4 is 17.5 Å². The van der Waals surface area contributed by atoms with Gasteiger partial charge in [-0.15, -0.1) is 0 Å². The number of likely N-dealkylation sites (tertiary alicyclic amines) is 1. The summed E-state index contributed by atoms with van der Waals surface area (Å²) in [6.07, 6.45) is 1.61. The van der Waals surface area contributed by atoms with E-state index >= 15 is 0 Å². The predicted molar refractivity (Wildman–Crippen MR) is 78.2 cm³/mol. The lowest BCUT2D eigenvalue weighted by atomic mass is 10.1. The van der Waals surface area contributed by atoms with Crippen LogP contribution in [-0.4, -0.2) is 29.9 Å². The molecule has 0 aromatic heterocycles. The molecule has 1 aromatic rings. The highest BCUT2D eigenvalue weighted by Gasteiger charge is 2.22. The number of halogens is 2. The first-order valence-electron chi connectivity index (χ1n) is 6.96. The van der Waals surface area contributed by atoms with Crippen LogP contribution in [0.15, 0.2) is 18.2 Å². The molecule has 1 amide bonds. The number of carbonyl (C=O) groups excluding carboxylic acids is 1. The zero-order valence-corrected chi connectivity index (χ0v) is 12.6. The van der Waals surface area contributed by atoms with E-state index in [1.54, 1.807) is 6.07 Å². The van der Waals surface area contributed by atoms with Gasteiger partial charge in [0.15, 0.2) is 0 Å². The van der Waals surface area contributed by atoms with Crippen LogP contribution in [0.5, 0.6) is 0 Å². The van der Waals surface area contributed by atoms with Crippen molar-refractivity contribution in [1.82, 2.24) is 10.2 Å². The number of amides is 1. The van der Waals surface area contributed by atoms with Gasteiger partial charge in [-0.05, 0) is 38.0 Å². The van der Waals surface area contributed by atoms with Gasteiger partial charge in [-0.25, -0.2) is 4.39 Å². The monoisotopic (exact) mass is 298 g/mol. The van der Waals surface area contributed by atoms with E-state index in [1.165, 1.54) is 12.1 Å². The van der Waals surface area contributed by atoms with E-state index in [2.05, 4.69) is 5.32 Å². The van der Waals surface area contributed by atoms with Crippen LogP contribution < -0.4 is 5.32 Å². The van der Waals surface area contributed by atoms with Crippen molar-refractivity contribution in [3.05, 3.63) is 34.6 Å². The standard InChI is InChI=1S/C15H20ClFN2O/c1-10(9-19-7-3-4-15(19)20)18-11(2)13-6-5-12(17)8-14(13)16/h5-6,8,10-11,18H,3-4,7,9H2,1-2H3. The van der Waals surface area contributed by atoms with Crippen molar-refractivity contribution in [3.8, 4) is 0 Å². The van der Waals surface area contributed by atoms with E-state index in [0.717, 1.165) is 18.5 Å². The molecule has 2 atom stereocenters. The number of hydrogen-bond donors (Lipinski definition) is 1. The molecule has 0 spiro atoms. The molecule has 0 bridgehead atoms. The highest BCUT2D eigenvalue weighted by molar-refractivity contribution is 6.31. The number of nitrogens with one attached hydrogen (secondary N) is 1. The van der Waals surface area contributed by atoms with Crippen LogP contribution in [-0.2, 0) is 4.79 Å². The van der Waals surface area contributed by atoms with Crippen LogP contribution in [0.4, 0.5) is 4.39 Å². The molecule has 0 aliphatic carbocycles. The lowest BCUT2D eigenvalue weighted by Crippen LogP contribution is -2.40. The fourth-order valence-electron chi connectivity index (χ4n) is 2.65. The van der Waals surface area contributed by atoms with Gasteiger partial charge in [0.05, 0.1) is 0 Å². The molecule has 2 rings (SSSR count). The minimum absolute atomic E-state index is 0.0100. The second-order valence-corrected chi connectivity index (χ2v) is 5.81. The molecular formula is C15H20ClFN2O. The molecule has 1 saturated heterocycles. The van der Waals surface area contributed by atoms with Crippen LogP contribution in [0.25, 0.3) is 0 Å². The van der Waals surface area contributed by atoms with E-state index in [-0.39, 0.29) is 23.8 Å². The van der Waals surface area contributed by atoms with Crippen molar-refractivity contribution in [2.75, 3.05) is 13.1 Å². The number of benzene rings is 1. The first-order valence-corrected chi connectivity index (χ1v) is 7.34. The summed E-state index contributed by atoms with van der Waals surface area (Å²) >= 11 is 6.06. The number of nitrogens with zero attached hydrogens (tertiary/aromatic N) is 1. The molecule has 1 aliphatic heterocycles. The van der Waals surface area contributed by atoms with Crippen molar-refractivity contribution in [2.45, 2.75) is 38.8 Å². The Morgan fingerprint density at radius 3 is 2.80 bits per heavy atom. The molecule has 1 heterocycles. The first-order chi connectivity index (χ1) is 9.47. The summed E-state index contributed by atoms with van der Waals surface area (Å²) in [5, 5.41) is 3.83. The maximum Gasteiger partial charge on any atom is 0.222 e. The summed E-state index contributed by atoms with van der Waals surface area (Å²) in [6.45, 7) is 5.57. The number of carbonyl (C=O) groups is 1. The van der Waals surface area contributed by atoms with E-state index in [0.29, 0.717) is 18.0 Å². The maximum absolute atomic E-state index is 13.0. The van der Waals surface area contributed by atoms with E-state index in [1.807, 2.05) is 18.7 Å². The Labute approximate surface area is 124 Å². The predicted octanol–water partition coefficient (Wildman–Crippen LogP) is 3.14. The fourth-order valence-corrected chi connectivity index (χ4v) is 2.98. The summed E-state index contributed by atoms with van der Waals surface area (Å²) in [6, 6.07) is 4.60. The van der Waals surface area contributed by atoms with Gasteiger partial charge in [-0.1, -0.05) is 17.7 Å². The zero-order chi connectivity index (χ0) is 14.7. The van der Waals surface area contributed by atoms with Crippen LogP contribution in [0.3, 0.4) is 0 Å². The van der Waals surface area contributed by atoms with Crippen molar-refractivity contribution in [3.63, 3.8) is 0 Å². The van der Waals surface area contributed by atoms with Gasteiger partial charge in [0.2, 0.25) is 5.91 Å². The summed E-state index contributed by atoms with van der Waals surface area (Å²) < 4.78 is 13.0. The van der Waals surface area contributed by atoms with Crippen molar-refractivity contribution in [2.24, 2.45) is 0 Å². The lowest BCUT2D eigenvalue weighted by molar-refractivity contribution is -0.127. The fraction of sp³-hybridized carbons (Fsp3) is 0.533. The minimum Gasteiger partial charge on any atom is -0.341 e. The molecule has 1 aromatic carbocycles. The Morgan fingerprint density at radius 2 is 2.20 bits per heavy atom. The number of hydrogen-bond acceptors (Lipinski definition) is 2. The Morgan fingerprint density at radius 1 is 1.45 bits per heavy atom. The Kier molecular flexibility index (Phi) is 5.00. The Balaban J connectivity index is 1.93. The van der Waals surface area contributed by atoms with Gasteiger partial charge in [-0.2, -0.15) is 0 Å². The van der Waals surface area contributed by atoms with Gasteiger partial charge >= 0.3 is 0 Å². The van der Waals surface area contributed by atoms with Crippen LogP contribution in [0.2, 0.25) is 5.02 Å². The average Bonchev–Trinajstić information content (AvgIpc) is 2.74. The second-order valence-electron chi connectivity index (χ2n) is 5.40. The van der Waals surface area contributed by atoms with Crippen LogP contribution in [0.1, 0.15) is 38.3 Å². The van der Waals surface area contributed by atoms with E-state index in [9.17, 15) is 9.18 Å². The quantitative estimate of drug-likeness (QED) is 0.906. The molecule has 0 saturated carbocycles. The SMILES string of the molecule is CC(CN1CCCC1=O)NC(C)c1ccc(F)cc1Cl. The highest BCUT2D eigenvalue weighted by atomic mass is 35.5. The van der Waals surface area contributed by atoms with Crippen LogP contribution >= 0.6 is 11.6 Å². The molecule has 20 heavy (non-hydrogen) atoms. The van der Waals surface area contributed by atoms with Gasteiger partial charge in [0.1, 0.15) is 5.82 Å². The molecule has 1 N–H and O–H groups in total. The minimum atomic E-state index is -0.332. The summed E-state index contributed by atoms with van der Waals surface area (Å²) in [7, 11) is 0. The number of rotatable bonds is 5. The Bertz CT molecular complexity index is 495. The third-order valence-corrected chi connectivity index (χ3v) is 3.96. The van der Waals surface area contributed by atoms with Gasteiger partial charge in [-0.3, -0.25) is 4.79 Å². The normalized spacial score (nSPS) is 18.4. The first kappa shape index (κ1) is 15.3. The molecule has 1 fully saturated rings. The lowest BCUT2D eigenvalue weighted by Gasteiger charge is -2.25. The van der Waals surface area contributed by atoms with Crippen LogP contribution in [0, 0.1) is 5.82 Å². The van der Waals surface area contributed by atoms with Crippen molar-refractivity contribution in [1.29, 1.82) is 0 Å². The smallest absolute Gasteiger partial charge is 0.222 e. The zero-order valence-electron chi connectivity index (χ0n) is 11.8. The summed E-state index contributed by atoms with van der Waals surface area (Å²) in [5.41, 5.74) is 0.868. The van der Waals surface area contributed by atoms with Gasteiger partial charge in [0.25, 0.3) is 0 Å². The Hall–Kier alpha value is -1.13. The van der Waals surface area contributed by atoms with E-state index in [4.69, 9.17) is 11.6 Å². The van der Waals surface area contributed by atoms with Gasteiger partial charge < -0.3 is 10.2 Å². The summed E-state index contributed by atoms with van der Waals surface area (Å²) in [4.78, 5) is 13.5. The average molecular weight is 299 g/mol. The molecule has 110 valence electrons. The van der Waals surface area contributed by atoms with Gasteiger partial charge in [0, 0.05) is 36.6 Å². The molecule has 1 aliphatic rings. The molecule has 3 nitrogen and oxygen atoms in total. The third kappa shape index (κ3) is 3.70. The maximum atomic E-state index is 13.0. The molecule has 5 heteroatoms. The largest absolute Gasteiger partial charge is 0.341 e. The van der Waals surface area contributed by atoms with E-state index < -0.39 is 0 Å². The highest BCUT2D eigenvalue weighted by Crippen LogP contribution is 2.24. The molecular weight excluding hydrogens is 279 g/mol. The molecule has 2 unspecified atom stereocenters. The van der Waals surface area contributed by atoms with Crippen molar-refractivity contribution < 1.29 is 9.18 Å². The summed E-state index contributed by atoms with van der Waals surface area (Å²) in [5.74, 6) is -0.104.